The molecular weight excluding hydrogens is 582 g/mol. The number of carbonyl (C=O) groups is 1. The van der Waals surface area contributed by atoms with Crippen molar-refractivity contribution in [3.8, 4) is 11.5 Å². The van der Waals surface area contributed by atoms with Crippen molar-refractivity contribution in [1.29, 1.82) is 0 Å². The van der Waals surface area contributed by atoms with Crippen molar-refractivity contribution in [2.45, 2.75) is 33.7 Å². The fraction of sp³-hybridized carbons (Fsp3) is 0.276. The summed E-state index contributed by atoms with van der Waals surface area (Å²) in [6.45, 7) is 8.03. The number of fused-ring (bicyclic) bond motifs is 2. The van der Waals surface area contributed by atoms with Crippen molar-refractivity contribution in [3.63, 3.8) is 0 Å². The molecule has 5 rings (SSSR count). The molecular formula is C29H28BrN3O5S. The number of H-pyrrole nitrogens is 1. The highest BCUT2D eigenvalue weighted by Crippen LogP contribution is 2.41. The Morgan fingerprint density at radius 3 is 2.67 bits per heavy atom. The summed E-state index contributed by atoms with van der Waals surface area (Å²) >= 11 is 4.95. The number of allylic oxidation sites excluding steroid dienone is 1. The highest BCUT2D eigenvalue weighted by atomic mass is 79.9. The number of hydrogen-bond donors (Lipinski definition) is 1. The Morgan fingerprint density at radius 1 is 1.18 bits per heavy atom. The Bertz CT molecular complexity index is 1810. The zero-order chi connectivity index (χ0) is 27.8. The van der Waals surface area contributed by atoms with Gasteiger partial charge in [-0.3, -0.25) is 9.36 Å². The van der Waals surface area contributed by atoms with Crippen LogP contribution in [0.2, 0.25) is 0 Å². The Balaban J connectivity index is 1.78. The predicted molar refractivity (Wildman–Crippen MR) is 155 cm³/mol. The largest absolute Gasteiger partial charge is 0.493 e. The van der Waals surface area contributed by atoms with Crippen LogP contribution in [0.15, 0.2) is 61.9 Å². The van der Waals surface area contributed by atoms with E-state index in [1.807, 2.05) is 44.2 Å². The maximum atomic E-state index is 14.1. The molecule has 3 heterocycles. The van der Waals surface area contributed by atoms with Crippen molar-refractivity contribution in [3.05, 3.63) is 88.6 Å². The third-order valence-corrected chi connectivity index (χ3v) is 8.28. The van der Waals surface area contributed by atoms with Gasteiger partial charge in [-0.15, -0.1) is 0 Å². The predicted octanol–water partition coefficient (Wildman–Crippen LogP) is 4.76. The molecule has 202 valence electrons. The first kappa shape index (κ1) is 27.0. The minimum atomic E-state index is -0.787. The molecule has 39 heavy (non-hydrogen) atoms. The number of nitrogens with zero attached hydrogens (tertiary/aromatic N) is 2. The molecule has 2 aromatic heterocycles. The minimum absolute atomic E-state index is 0.195. The van der Waals surface area contributed by atoms with E-state index in [4.69, 9.17) is 14.2 Å². The van der Waals surface area contributed by atoms with E-state index in [2.05, 4.69) is 25.9 Å². The fourth-order valence-electron chi connectivity index (χ4n) is 4.89. The van der Waals surface area contributed by atoms with Crippen LogP contribution in [-0.4, -0.2) is 35.8 Å². The first-order valence-corrected chi connectivity index (χ1v) is 14.2. The van der Waals surface area contributed by atoms with Gasteiger partial charge in [0.15, 0.2) is 16.3 Å². The first-order chi connectivity index (χ1) is 18.8. The van der Waals surface area contributed by atoms with Crippen molar-refractivity contribution < 1.29 is 19.0 Å². The third kappa shape index (κ3) is 4.72. The molecule has 0 radical (unpaired) electrons. The number of benzene rings is 2. The first-order valence-electron chi connectivity index (χ1n) is 12.6. The van der Waals surface area contributed by atoms with Gasteiger partial charge in [0, 0.05) is 26.6 Å². The molecule has 0 saturated heterocycles. The van der Waals surface area contributed by atoms with Gasteiger partial charge < -0.3 is 19.2 Å². The van der Waals surface area contributed by atoms with Crippen LogP contribution in [0.5, 0.6) is 11.5 Å². The van der Waals surface area contributed by atoms with Crippen LogP contribution in [0, 0.1) is 6.92 Å². The fourth-order valence-corrected chi connectivity index (χ4v) is 6.46. The third-order valence-electron chi connectivity index (χ3n) is 6.61. The molecule has 10 heteroatoms. The van der Waals surface area contributed by atoms with E-state index in [0.717, 1.165) is 22.2 Å². The van der Waals surface area contributed by atoms with Crippen LogP contribution in [0.25, 0.3) is 17.0 Å². The van der Waals surface area contributed by atoms with Gasteiger partial charge in [0.05, 0.1) is 42.2 Å². The van der Waals surface area contributed by atoms with Gasteiger partial charge in [-0.05, 0) is 57.5 Å². The molecule has 0 unspecified atom stereocenters. The van der Waals surface area contributed by atoms with Gasteiger partial charge in [-0.25, -0.2) is 9.79 Å². The molecule has 1 atom stereocenters. The summed E-state index contributed by atoms with van der Waals surface area (Å²) < 4.78 is 19.5. The van der Waals surface area contributed by atoms with Crippen LogP contribution in [0.4, 0.5) is 0 Å². The van der Waals surface area contributed by atoms with Crippen LogP contribution < -0.4 is 24.4 Å². The average Bonchev–Trinajstić information content (AvgIpc) is 3.39. The van der Waals surface area contributed by atoms with Gasteiger partial charge in [-0.1, -0.05) is 45.5 Å². The molecule has 0 aliphatic carbocycles. The number of carbonyl (C=O) groups excluding carboxylic acids is 1. The summed E-state index contributed by atoms with van der Waals surface area (Å²) in [6, 6.07) is 10.8. The smallest absolute Gasteiger partial charge is 0.338 e. The highest BCUT2D eigenvalue weighted by molar-refractivity contribution is 9.10. The van der Waals surface area contributed by atoms with Crippen molar-refractivity contribution in [1.82, 2.24) is 9.55 Å². The Kier molecular flexibility index (Phi) is 7.51. The molecule has 0 fully saturated rings. The number of esters is 1. The van der Waals surface area contributed by atoms with Gasteiger partial charge in [0.2, 0.25) is 0 Å². The van der Waals surface area contributed by atoms with E-state index in [-0.39, 0.29) is 12.2 Å². The summed E-state index contributed by atoms with van der Waals surface area (Å²) in [4.78, 5) is 35.9. The standard InChI is InChI=1S/C29H28BrN3O5S/c1-6-37-23-14-20(30)19(12-22(23)36-5)26-25(28(35)38-7-2)16(4)32-29-33(26)27(34)24(39-29)13-18-15(3)31-21-11-9-8-10-17(18)21/h8-14,26,31H,6-7H2,1-5H3/b24-13+/t26-/m0/s1. The molecule has 0 saturated carbocycles. The number of halogens is 1. The number of aryl methyl sites for hydroxylation is 1. The molecule has 2 aromatic carbocycles. The molecule has 8 nitrogen and oxygen atoms in total. The highest BCUT2D eigenvalue weighted by Gasteiger charge is 2.35. The van der Waals surface area contributed by atoms with Gasteiger partial charge in [-0.2, -0.15) is 0 Å². The number of thiazole rings is 1. The number of ether oxygens (including phenoxy) is 3. The van der Waals surface area contributed by atoms with Gasteiger partial charge >= 0.3 is 5.97 Å². The van der Waals surface area contributed by atoms with E-state index >= 15 is 0 Å². The van der Waals surface area contributed by atoms with E-state index in [9.17, 15) is 9.59 Å². The summed E-state index contributed by atoms with van der Waals surface area (Å²) in [7, 11) is 1.55. The number of methoxy groups -OCH3 is 1. The number of hydrogen-bond acceptors (Lipinski definition) is 7. The zero-order valence-corrected chi connectivity index (χ0v) is 24.7. The van der Waals surface area contributed by atoms with Crippen molar-refractivity contribution in [2.75, 3.05) is 20.3 Å². The topological polar surface area (TPSA) is 94.9 Å². The molecule has 1 aliphatic rings. The van der Waals surface area contributed by atoms with E-state index in [0.29, 0.717) is 48.7 Å². The lowest BCUT2D eigenvalue weighted by Crippen LogP contribution is -2.40. The zero-order valence-electron chi connectivity index (χ0n) is 22.3. The maximum absolute atomic E-state index is 14.1. The molecule has 0 amide bonds. The quantitative estimate of drug-likeness (QED) is 0.305. The van der Waals surface area contributed by atoms with Crippen LogP contribution >= 0.6 is 27.3 Å². The van der Waals surface area contributed by atoms with Gasteiger partial charge in [0.25, 0.3) is 5.56 Å². The Labute approximate surface area is 237 Å². The number of aromatic amines is 1. The molecule has 1 N–H and O–H groups in total. The SMILES string of the molecule is CCOC(=O)C1=C(C)N=c2s/c(=C/c3c(C)[nH]c4ccccc34)c(=O)n2[C@H]1c1cc(OC)c(OCC)cc1Br. The molecule has 0 spiro atoms. The summed E-state index contributed by atoms with van der Waals surface area (Å²) in [5.74, 6) is 0.519. The second-order valence-electron chi connectivity index (χ2n) is 8.97. The molecule has 4 aromatic rings. The summed E-state index contributed by atoms with van der Waals surface area (Å²) in [5.41, 5.74) is 4.10. The normalized spacial score (nSPS) is 15.3. The Hall–Kier alpha value is -3.63. The molecule has 1 aliphatic heterocycles. The number of nitrogens with one attached hydrogen (secondary N) is 1. The number of rotatable bonds is 7. The lowest BCUT2D eigenvalue weighted by molar-refractivity contribution is -0.139. The number of aromatic nitrogens is 2. The Morgan fingerprint density at radius 2 is 1.95 bits per heavy atom. The molecule has 0 bridgehead atoms. The monoisotopic (exact) mass is 609 g/mol. The lowest BCUT2D eigenvalue weighted by Gasteiger charge is -2.26. The maximum Gasteiger partial charge on any atom is 0.338 e. The van der Waals surface area contributed by atoms with Crippen molar-refractivity contribution >= 4 is 50.2 Å². The second kappa shape index (κ2) is 10.9. The van der Waals surface area contributed by atoms with Crippen LogP contribution in [-0.2, 0) is 9.53 Å². The van der Waals surface area contributed by atoms with E-state index < -0.39 is 12.0 Å². The van der Waals surface area contributed by atoms with Crippen LogP contribution in [0.3, 0.4) is 0 Å². The van der Waals surface area contributed by atoms with E-state index in [1.165, 1.54) is 11.3 Å². The summed E-state index contributed by atoms with van der Waals surface area (Å²) in [6.07, 6.45) is 1.90. The van der Waals surface area contributed by atoms with Crippen LogP contribution in [0.1, 0.15) is 43.6 Å². The van der Waals surface area contributed by atoms with Gasteiger partial charge in [0.1, 0.15) is 0 Å². The average molecular weight is 611 g/mol. The second-order valence-corrected chi connectivity index (χ2v) is 10.8. The van der Waals surface area contributed by atoms with E-state index in [1.54, 1.807) is 37.7 Å². The van der Waals surface area contributed by atoms with Crippen molar-refractivity contribution in [2.24, 2.45) is 4.99 Å². The number of para-hydroxylation sites is 1. The lowest BCUT2D eigenvalue weighted by atomic mass is 9.95. The minimum Gasteiger partial charge on any atom is -0.493 e. The summed E-state index contributed by atoms with van der Waals surface area (Å²) in [5, 5.41) is 1.03.